The van der Waals surface area contributed by atoms with E-state index in [1.807, 2.05) is 4.90 Å². The van der Waals surface area contributed by atoms with Crippen LogP contribution < -0.4 is 11.5 Å². The molecule has 7 heteroatoms. The zero-order chi connectivity index (χ0) is 13.4. The van der Waals surface area contributed by atoms with Crippen LogP contribution in [-0.4, -0.2) is 55.9 Å². The lowest BCUT2D eigenvalue weighted by Crippen LogP contribution is -2.61. The molecule has 2 fully saturated rings. The standard InChI is InChI=1S/C11H21N3O3S/c12-10(15)11(13,9-2-3-9)8-14-4-1-6-18(16,17)7-5-14/h9H,1-8,13H2,(H2,12,15). The summed E-state index contributed by atoms with van der Waals surface area (Å²) >= 11 is 0. The Bertz CT molecular complexity index is 433. The van der Waals surface area contributed by atoms with Gasteiger partial charge < -0.3 is 11.5 Å². The molecular formula is C11H21N3O3S. The highest BCUT2D eigenvalue weighted by Gasteiger charge is 2.47. The average Bonchev–Trinajstić information content (AvgIpc) is 3.07. The molecule has 2 rings (SSSR count). The van der Waals surface area contributed by atoms with Gasteiger partial charge in [-0.05, 0) is 31.7 Å². The Labute approximate surface area is 108 Å². The van der Waals surface area contributed by atoms with E-state index in [0.717, 1.165) is 12.8 Å². The van der Waals surface area contributed by atoms with E-state index in [2.05, 4.69) is 0 Å². The smallest absolute Gasteiger partial charge is 0.239 e. The first-order valence-corrected chi connectivity index (χ1v) is 8.17. The van der Waals surface area contributed by atoms with Gasteiger partial charge in [-0.15, -0.1) is 0 Å². The van der Waals surface area contributed by atoms with E-state index in [-0.39, 0.29) is 17.4 Å². The van der Waals surface area contributed by atoms with Gasteiger partial charge in [0.1, 0.15) is 5.54 Å². The van der Waals surface area contributed by atoms with Gasteiger partial charge in [-0.3, -0.25) is 9.69 Å². The van der Waals surface area contributed by atoms with Gasteiger partial charge in [0.05, 0.1) is 11.5 Å². The van der Waals surface area contributed by atoms with Crippen LogP contribution in [0.3, 0.4) is 0 Å². The van der Waals surface area contributed by atoms with Crippen molar-refractivity contribution < 1.29 is 13.2 Å². The van der Waals surface area contributed by atoms with Crippen molar-refractivity contribution in [1.82, 2.24) is 4.90 Å². The Morgan fingerprint density at radius 3 is 2.50 bits per heavy atom. The van der Waals surface area contributed by atoms with E-state index in [4.69, 9.17) is 11.5 Å². The molecule has 4 N–H and O–H groups in total. The molecule has 0 aromatic carbocycles. The molecule has 0 aromatic rings. The molecule has 1 amide bonds. The molecule has 1 unspecified atom stereocenters. The molecule has 104 valence electrons. The SMILES string of the molecule is NC(=O)C(N)(CN1CCCS(=O)(=O)CC1)C1CC1. The predicted molar refractivity (Wildman–Crippen MR) is 68.5 cm³/mol. The van der Waals surface area contributed by atoms with E-state index in [0.29, 0.717) is 26.1 Å². The molecule has 1 saturated carbocycles. The maximum atomic E-state index is 11.5. The summed E-state index contributed by atoms with van der Waals surface area (Å²) in [6.07, 6.45) is 2.47. The third kappa shape index (κ3) is 3.02. The summed E-state index contributed by atoms with van der Waals surface area (Å²) < 4.78 is 23.0. The Morgan fingerprint density at radius 2 is 1.94 bits per heavy atom. The Morgan fingerprint density at radius 1 is 1.28 bits per heavy atom. The highest BCUT2D eigenvalue weighted by Crippen LogP contribution is 2.38. The first-order chi connectivity index (χ1) is 8.33. The molecule has 0 radical (unpaired) electrons. The van der Waals surface area contributed by atoms with Crippen molar-refractivity contribution in [2.45, 2.75) is 24.8 Å². The largest absolute Gasteiger partial charge is 0.368 e. The third-order valence-corrected chi connectivity index (χ3v) is 5.61. The van der Waals surface area contributed by atoms with Gasteiger partial charge >= 0.3 is 0 Å². The molecule has 1 aliphatic heterocycles. The number of primary amides is 1. The lowest BCUT2D eigenvalue weighted by atomic mass is 9.93. The lowest BCUT2D eigenvalue weighted by Gasteiger charge is -2.32. The van der Waals surface area contributed by atoms with Crippen molar-refractivity contribution in [3.8, 4) is 0 Å². The van der Waals surface area contributed by atoms with Gasteiger partial charge in [0.2, 0.25) is 5.91 Å². The van der Waals surface area contributed by atoms with Crippen LogP contribution in [0.15, 0.2) is 0 Å². The van der Waals surface area contributed by atoms with Crippen molar-refractivity contribution in [1.29, 1.82) is 0 Å². The Balaban J connectivity index is 2.02. The summed E-state index contributed by atoms with van der Waals surface area (Å²) in [4.78, 5) is 13.5. The Kier molecular flexibility index (Phi) is 3.66. The number of sulfone groups is 1. The number of nitrogens with two attached hydrogens (primary N) is 2. The number of nitrogens with zero attached hydrogens (tertiary/aromatic N) is 1. The van der Waals surface area contributed by atoms with Crippen molar-refractivity contribution in [2.75, 3.05) is 31.1 Å². The summed E-state index contributed by atoms with van der Waals surface area (Å²) in [5.41, 5.74) is 10.6. The molecule has 0 spiro atoms. The van der Waals surface area contributed by atoms with E-state index >= 15 is 0 Å². The number of carbonyl (C=O) groups is 1. The van der Waals surface area contributed by atoms with Gasteiger partial charge in [0.25, 0.3) is 0 Å². The van der Waals surface area contributed by atoms with Crippen molar-refractivity contribution in [3.63, 3.8) is 0 Å². The van der Waals surface area contributed by atoms with E-state index in [1.54, 1.807) is 0 Å². The molecular weight excluding hydrogens is 254 g/mol. The fourth-order valence-electron chi connectivity index (χ4n) is 2.52. The monoisotopic (exact) mass is 275 g/mol. The van der Waals surface area contributed by atoms with Crippen LogP contribution in [-0.2, 0) is 14.6 Å². The van der Waals surface area contributed by atoms with Crippen LogP contribution in [0.4, 0.5) is 0 Å². The second kappa shape index (κ2) is 4.79. The number of amides is 1. The summed E-state index contributed by atoms with van der Waals surface area (Å²) in [5.74, 6) is 0.0556. The fourth-order valence-corrected chi connectivity index (χ4v) is 3.83. The topological polar surface area (TPSA) is 106 Å². The van der Waals surface area contributed by atoms with Crippen LogP contribution >= 0.6 is 0 Å². The van der Waals surface area contributed by atoms with Gasteiger partial charge in [-0.2, -0.15) is 0 Å². The molecule has 1 saturated heterocycles. The number of hydrogen-bond acceptors (Lipinski definition) is 5. The number of hydrogen-bond donors (Lipinski definition) is 2. The second-order valence-corrected chi connectivity index (χ2v) is 7.76. The number of rotatable bonds is 4. The zero-order valence-corrected chi connectivity index (χ0v) is 11.3. The van der Waals surface area contributed by atoms with Crippen LogP contribution in [0, 0.1) is 5.92 Å². The van der Waals surface area contributed by atoms with Gasteiger partial charge in [-0.25, -0.2) is 8.42 Å². The van der Waals surface area contributed by atoms with E-state index in [1.165, 1.54) is 0 Å². The summed E-state index contributed by atoms with van der Waals surface area (Å²) in [6, 6.07) is 0. The lowest BCUT2D eigenvalue weighted by molar-refractivity contribution is -0.124. The molecule has 6 nitrogen and oxygen atoms in total. The molecule has 0 aromatic heterocycles. The van der Waals surface area contributed by atoms with Crippen molar-refractivity contribution in [2.24, 2.45) is 17.4 Å². The fraction of sp³-hybridized carbons (Fsp3) is 0.909. The zero-order valence-electron chi connectivity index (χ0n) is 10.5. The van der Waals surface area contributed by atoms with Crippen LogP contribution in [0.2, 0.25) is 0 Å². The Hall–Kier alpha value is -0.660. The molecule has 18 heavy (non-hydrogen) atoms. The van der Waals surface area contributed by atoms with Crippen molar-refractivity contribution in [3.05, 3.63) is 0 Å². The predicted octanol–water partition coefficient (Wildman–Crippen LogP) is -1.30. The van der Waals surface area contributed by atoms with Crippen LogP contribution in [0.5, 0.6) is 0 Å². The maximum absolute atomic E-state index is 11.5. The average molecular weight is 275 g/mol. The summed E-state index contributed by atoms with van der Waals surface area (Å²) in [5, 5.41) is 0. The normalized spacial score (nSPS) is 28.3. The number of carbonyl (C=O) groups excluding carboxylic acids is 1. The maximum Gasteiger partial charge on any atom is 0.239 e. The minimum absolute atomic E-state index is 0.145. The van der Waals surface area contributed by atoms with E-state index in [9.17, 15) is 13.2 Å². The molecule has 2 aliphatic rings. The highest BCUT2D eigenvalue weighted by molar-refractivity contribution is 7.91. The minimum Gasteiger partial charge on any atom is -0.368 e. The first kappa shape index (κ1) is 13.8. The van der Waals surface area contributed by atoms with E-state index < -0.39 is 21.3 Å². The summed E-state index contributed by atoms with van der Waals surface area (Å²) in [7, 11) is -2.93. The van der Waals surface area contributed by atoms with Crippen LogP contribution in [0.1, 0.15) is 19.3 Å². The molecule has 0 bridgehead atoms. The molecule has 1 aliphatic carbocycles. The molecule has 1 atom stereocenters. The summed E-state index contributed by atoms with van der Waals surface area (Å²) in [6.45, 7) is 1.49. The van der Waals surface area contributed by atoms with Gasteiger partial charge in [0, 0.05) is 13.1 Å². The van der Waals surface area contributed by atoms with Crippen LogP contribution in [0.25, 0.3) is 0 Å². The second-order valence-electron chi connectivity index (χ2n) is 5.46. The first-order valence-electron chi connectivity index (χ1n) is 6.35. The quantitative estimate of drug-likeness (QED) is 0.663. The van der Waals surface area contributed by atoms with Crippen molar-refractivity contribution >= 4 is 15.7 Å². The highest BCUT2D eigenvalue weighted by atomic mass is 32.2. The van der Waals surface area contributed by atoms with Gasteiger partial charge in [0.15, 0.2) is 9.84 Å². The third-order valence-electron chi connectivity index (χ3n) is 3.90. The molecule has 1 heterocycles. The minimum atomic E-state index is -2.93. The van der Waals surface area contributed by atoms with Gasteiger partial charge in [-0.1, -0.05) is 0 Å².